The van der Waals surface area contributed by atoms with Gasteiger partial charge in [-0.2, -0.15) is 0 Å². The average molecular weight is 279 g/mol. The van der Waals surface area contributed by atoms with Gasteiger partial charge in [0.2, 0.25) is 0 Å². The summed E-state index contributed by atoms with van der Waals surface area (Å²) < 4.78 is 18.6. The van der Waals surface area contributed by atoms with Crippen LogP contribution in [-0.4, -0.2) is 18.6 Å². The van der Waals surface area contributed by atoms with Gasteiger partial charge in [-0.25, -0.2) is 9.18 Å². The maximum Gasteiger partial charge on any atom is 0.332 e. The number of ether oxygens (including phenoxy) is 1. The van der Waals surface area contributed by atoms with Gasteiger partial charge in [-0.05, 0) is 55.4 Å². The number of benzene rings is 1. The molecule has 1 N–H and O–H groups in total. The zero-order valence-electron chi connectivity index (χ0n) is 12.5. The number of anilines is 1. The lowest BCUT2D eigenvalue weighted by atomic mass is 9.74. The fourth-order valence-electron chi connectivity index (χ4n) is 3.24. The second kappa shape index (κ2) is 5.08. The van der Waals surface area contributed by atoms with Gasteiger partial charge >= 0.3 is 5.97 Å². The Morgan fingerprint density at radius 3 is 2.50 bits per heavy atom. The van der Waals surface area contributed by atoms with E-state index in [9.17, 15) is 9.18 Å². The first-order valence-corrected chi connectivity index (χ1v) is 6.94. The van der Waals surface area contributed by atoms with E-state index in [1.54, 1.807) is 0 Å². The maximum absolute atomic E-state index is 13.5. The highest BCUT2D eigenvalue weighted by atomic mass is 19.1. The van der Waals surface area contributed by atoms with Gasteiger partial charge in [0.25, 0.3) is 0 Å². The van der Waals surface area contributed by atoms with Crippen LogP contribution in [-0.2, 0) is 9.53 Å². The Kier molecular flexibility index (Phi) is 3.76. The lowest BCUT2D eigenvalue weighted by Crippen LogP contribution is -2.54. The minimum absolute atomic E-state index is 0.236. The second-order valence-electron chi connectivity index (χ2n) is 6.28. The number of aryl methyl sites for hydroxylation is 1. The monoisotopic (exact) mass is 279 g/mol. The van der Waals surface area contributed by atoms with Gasteiger partial charge in [-0.3, -0.25) is 0 Å². The van der Waals surface area contributed by atoms with Gasteiger partial charge in [0.05, 0.1) is 7.11 Å². The van der Waals surface area contributed by atoms with Crippen LogP contribution in [0.4, 0.5) is 10.1 Å². The van der Waals surface area contributed by atoms with Crippen LogP contribution in [0.15, 0.2) is 18.2 Å². The van der Waals surface area contributed by atoms with Crippen molar-refractivity contribution in [3.8, 4) is 0 Å². The van der Waals surface area contributed by atoms with Gasteiger partial charge in [0.1, 0.15) is 11.4 Å². The van der Waals surface area contributed by atoms with Gasteiger partial charge < -0.3 is 10.1 Å². The van der Waals surface area contributed by atoms with Crippen molar-refractivity contribution in [2.45, 2.75) is 45.6 Å². The molecule has 0 amide bonds. The maximum atomic E-state index is 13.5. The van der Waals surface area contributed by atoms with Crippen LogP contribution in [0.2, 0.25) is 0 Å². The van der Waals surface area contributed by atoms with Crippen LogP contribution >= 0.6 is 0 Å². The molecule has 3 nitrogen and oxygen atoms in total. The molecule has 0 aromatic heterocycles. The molecule has 1 aromatic rings. The van der Waals surface area contributed by atoms with E-state index < -0.39 is 5.54 Å². The number of carbonyl (C=O) groups excluding carboxylic acids is 1. The lowest BCUT2D eigenvalue weighted by molar-refractivity contribution is -0.149. The number of esters is 1. The number of carbonyl (C=O) groups is 1. The highest BCUT2D eigenvalue weighted by Gasteiger charge is 2.55. The molecule has 1 unspecified atom stereocenters. The van der Waals surface area contributed by atoms with E-state index in [1.807, 2.05) is 13.0 Å². The first-order valence-electron chi connectivity index (χ1n) is 6.94. The fourth-order valence-corrected chi connectivity index (χ4v) is 3.24. The van der Waals surface area contributed by atoms with Crippen molar-refractivity contribution in [2.75, 3.05) is 12.4 Å². The van der Waals surface area contributed by atoms with Crippen molar-refractivity contribution in [2.24, 2.45) is 5.41 Å². The number of halogens is 1. The molecule has 1 aliphatic carbocycles. The van der Waals surface area contributed by atoms with Crippen LogP contribution < -0.4 is 5.32 Å². The smallest absolute Gasteiger partial charge is 0.332 e. The van der Waals surface area contributed by atoms with Gasteiger partial charge in [-0.15, -0.1) is 0 Å². The molecule has 1 aromatic carbocycles. The second-order valence-corrected chi connectivity index (χ2v) is 6.28. The van der Waals surface area contributed by atoms with E-state index in [0.29, 0.717) is 12.1 Å². The minimum Gasteiger partial charge on any atom is -0.467 e. The molecule has 1 fully saturated rings. The highest BCUT2D eigenvalue weighted by Crippen LogP contribution is 2.48. The Morgan fingerprint density at radius 1 is 1.30 bits per heavy atom. The quantitative estimate of drug-likeness (QED) is 0.858. The Hall–Kier alpha value is -1.58. The van der Waals surface area contributed by atoms with Gasteiger partial charge in [0.15, 0.2) is 0 Å². The van der Waals surface area contributed by atoms with Gasteiger partial charge in [-0.1, -0.05) is 13.8 Å². The third-order valence-electron chi connectivity index (χ3n) is 4.44. The summed E-state index contributed by atoms with van der Waals surface area (Å²) in [6.45, 7) is 5.94. The first-order chi connectivity index (χ1) is 9.30. The van der Waals surface area contributed by atoms with Crippen molar-refractivity contribution >= 4 is 11.7 Å². The molecule has 0 saturated heterocycles. The molecule has 1 atom stereocenters. The summed E-state index contributed by atoms with van der Waals surface area (Å²) in [7, 11) is 1.40. The molecule has 0 radical (unpaired) electrons. The lowest BCUT2D eigenvalue weighted by Gasteiger charge is -2.40. The molecular formula is C16H22FNO2. The molecule has 4 heteroatoms. The van der Waals surface area contributed by atoms with Crippen LogP contribution in [0.25, 0.3) is 0 Å². The predicted octanol–water partition coefficient (Wildman–Crippen LogP) is 3.67. The van der Waals surface area contributed by atoms with Crippen molar-refractivity contribution in [3.05, 3.63) is 29.6 Å². The van der Waals surface area contributed by atoms with E-state index in [-0.39, 0.29) is 17.2 Å². The Bertz CT molecular complexity index is 507. The molecule has 1 saturated carbocycles. The molecule has 0 heterocycles. The third-order valence-corrected chi connectivity index (χ3v) is 4.44. The van der Waals surface area contributed by atoms with E-state index in [2.05, 4.69) is 19.2 Å². The van der Waals surface area contributed by atoms with E-state index in [4.69, 9.17) is 4.74 Å². The Morgan fingerprint density at radius 2 is 2.00 bits per heavy atom. The average Bonchev–Trinajstić information content (AvgIpc) is 2.63. The van der Waals surface area contributed by atoms with Crippen LogP contribution in [0.3, 0.4) is 0 Å². The fraction of sp³-hybridized carbons (Fsp3) is 0.562. The summed E-state index contributed by atoms with van der Waals surface area (Å²) in [6.07, 6.45) is 2.58. The molecule has 110 valence electrons. The normalized spacial score (nSPS) is 24.4. The largest absolute Gasteiger partial charge is 0.467 e. The topological polar surface area (TPSA) is 38.3 Å². The van der Waals surface area contributed by atoms with Gasteiger partial charge in [0, 0.05) is 5.69 Å². The summed E-state index contributed by atoms with van der Waals surface area (Å²) >= 11 is 0. The molecule has 0 aliphatic heterocycles. The van der Waals surface area contributed by atoms with Crippen molar-refractivity contribution < 1.29 is 13.9 Å². The summed E-state index contributed by atoms with van der Waals surface area (Å²) in [5.74, 6) is -0.578. The van der Waals surface area contributed by atoms with Crippen molar-refractivity contribution in [1.82, 2.24) is 0 Å². The van der Waals surface area contributed by atoms with E-state index >= 15 is 0 Å². The molecule has 2 rings (SSSR count). The predicted molar refractivity (Wildman–Crippen MR) is 77.1 cm³/mol. The van der Waals surface area contributed by atoms with Crippen LogP contribution in [0.1, 0.15) is 38.7 Å². The zero-order chi connectivity index (χ0) is 15.0. The standard InChI is InChI=1S/C16H22FNO2/c1-11-8-12(17)10-13(9-11)18-16(14(19)20-4)7-5-6-15(16,2)3/h8-10,18H,5-7H2,1-4H3. The number of hydrogen-bond donors (Lipinski definition) is 1. The SMILES string of the molecule is COC(=O)C1(Nc2cc(C)cc(F)c2)CCCC1(C)C. The summed E-state index contributed by atoms with van der Waals surface area (Å²) in [6, 6.07) is 4.74. The minimum atomic E-state index is -0.790. The molecule has 0 spiro atoms. The Labute approximate surface area is 119 Å². The number of methoxy groups -OCH3 is 1. The number of rotatable bonds is 3. The Balaban J connectivity index is 2.41. The zero-order valence-corrected chi connectivity index (χ0v) is 12.5. The summed E-state index contributed by atoms with van der Waals surface area (Å²) in [5, 5.41) is 3.26. The third kappa shape index (κ3) is 2.39. The van der Waals surface area contributed by atoms with E-state index in [0.717, 1.165) is 18.4 Å². The molecule has 1 aliphatic rings. The highest BCUT2D eigenvalue weighted by molar-refractivity contribution is 5.86. The van der Waals surface area contributed by atoms with Crippen LogP contribution in [0, 0.1) is 18.2 Å². The van der Waals surface area contributed by atoms with Crippen molar-refractivity contribution in [3.63, 3.8) is 0 Å². The number of hydrogen-bond acceptors (Lipinski definition) is 3. The summed E-state index contributed by atoms with van der Waals surface area (Å²) in [4.78, 5) is 12.3. The molecule has 20 heavy (non-hydrogen) atoms. The van der Waals surface area contributed by atoms with Crippen molar-refractivity contribution in [1.29, 1.82) is 0 Å². The number of nitrogens with one attached hydrogen (secondary N) is 1. The summed E-state index contributed by atoms with van der Waals surface area (Å²) in [5.41, 5.74) is 0.425. The molecular weight excluding hydrogens is 257 g/mol. The van der Waals surface area contributed by atoms with E-state index in [1.165, 1.54) is 19.2 Å². The molecule has 0 bridgehead atoms. The first kappa shape index (κ1) is 14.8. The van der Waals surface area contributed by atoms with Crippen LogP contribution in [0.5, 0.6) is 0 Å².